The topological polar surface area (TPSA) is 30.0 Å². The molecule has 76 valence electrons. The van der Waals surface area contributed by atoms with Crippen LogP contribution in [0.15, 0.2) is 10.5 Å². The number of aromatic nitrogens is 1. The Balaban J connectivity index is 3.32. The molecule has 0 spiro atoms. The van der Waals surface area contributed by atoms with Gasteiger partial charge in [0.2, 0.25) is 0 Å². The zero-order valence-electron chi connectivity index (χ0n) is 6.81. The average molecular weight is 284 g/mol. The molecule has 1 rings (SSSR count). The van der Waals surface area contributed by atoms with Crippen LogP contribution in [-0.2, 0) is 5.88 Å². The smallest absolute Gasteiger partial charge is 0.281 e. The van der Waals surface area contributed by atoms with Crippen molar-refractivity contribution in [2.75, 3.05) is 0 Å². The third-order valence-corrected chi connectivity index (χ3v) is 2.51. The van der Waals surface area contributed by atoms with Crippen molar-refractivity contribution in [2.24, 2.45) is 0 Å². The zero-order valence-corrected chi connectivity index (χ0v) is 9.15. The molecule has 0 aliphatic rings. The van der Waals surface area contributed by atoms with E-state index in [1.54, 1.807) is 0 Å². The highest BCUT2D eigenvalue weighted by molar-refractivity contribution is 9.10. The number of alkyl halides is 3. The highest BCUT2D eigenvalue weighted by Crippen LogP contribution is 2.25. The van der Waals surface area contributed by atoms with Crippen LogP contribution < -0.4 is 0 Å². The molecule has 2 nitrogen and oxygen atoms in total. The van der Waals surface area contributed by atoms with Crippen LogP contribution in [0.2, 0.25) is 0 Å². The Morgan fingerprint density at radius 2 is 2.29 bits per heavy atom. The van der Waals surface area contributed by atoms with Gasteiger partial charge in [-0.1, -0.05) is 0 Å². The maximum atomic E-state index is 12.4. The first kappa shape index (κ1) is 11.5. The van der Waals surface area contributed by atoms with Crippen molar-refractivity contribution in [3.63, 3.8) is 0 Å². The minimum absolute atomic E-state index is 0.0133. The standard InChI is InChI=1S/C8H5BrClF2NO/c9-5-1-4(3-14)7(8(11)12)13-6(5)2-10/h1,3,8H,2H2. The first-order valence-corrected chi connectivity index (χ1v) is 4.91. The van der Waals surface area contributed by atoms with Gasteiger partial charge < -0.3 is 0 Å². The molecule has 0 saturated carbocycles. The molecule has 0 radical (unpaired) electrons. The Bertz CT molecular complexity index is 359. The second-order valence-electron chi connectivity index (χ2n) is 2.44. The van der Waals surface area contributed by atoms with Gasteiger partial charge in [-0.2, -0.15) is 0 Å². The molecule has 0 aliphatic carbocycles. The van der Waals surface area contributed by atoms with Gasteiger partial charge in [-0.05, 0) is 22.0 Å². The Kier molecular flexibility index (Phi) is 3.95. The zero-order chi connectivity index (χ0) is 10.7. The molecule has 1 aromatic heterocycles. The molecule has 0 unspecified atom stereocenters. The monoisotopic (exact) mass is 283 g/mol. The molecule has 14 heavy (non-hydrogen) atoms. The van der Waals surface area contributed by atoms with Gasteiger partial charge in [-0.3, -0.25) is 4.79 Å². The third kappa shape index (κ3) is 2.27. The van der Waals surface area contributed by atoms with Crippen LogP contribution in [0.4, 0.5) is 8.78 Å². The minimum atomic E-state index is -2.77. The molecule has 6 heteroatoms. The van der Waals surface area contributed by atoms with E-state index in [1.165, 1.54) is 6.07 Å². The molecular formula is C8H5BrClF2NO. The maximum absolute atomic E-state index is 12.4. The summed E-state index contributed by atoms with van der Waals surface area (Å²) in [5.74, 6) is 0.0133. The quantitative estimate of drug-likeness (QED) is 0.629. The van der Waals surface area contributed by atoms with E-state index < -0.39 is 12.1 Å². The van der Waals surface area contributed by atoms with E-state index in [0.29, 0.717) is 16.5 Å². The molecule has 0 amide bonds. The van der Waals surface area contributed by atoms with Crippen LogP contribution in [-0.4, -0.2) is 11.3 Å². The average Bonchev–Trinajstić information content (AvgIpc) is 2.16. The fourth-order valence-electron chi connectivity index (χ4n) is 0.920. The van der Waals surface area contributed by atoms with Crippen LogP contribution >= 0.6 is 27.5 Å². The first-order valence-electron chi connectivity index (χ1n) is 3.58. The second kappa shape index (κ2) is 4.79. The SMILES string of the molecule is O=Cc1cc(Br)c(CCl)nc1C(F)F. The van der Waals surface area contributed by atoms with Gasteiger partial charge in [-0.15, -0.1) is 11.6 Å². The summed E-state index contributed by atoms with van der Waals surface area (Å²) < 4.78 is 25.2. The van der Waals surface area contributed by atoms with Crippen molar-refractivity contribution in [3.8, 4) is 0 Å². The van der Waals surface area contributed by atoms with Crippen molar-refractivity contribution >= 4 is 33.8 Å². The molecular weight excluding hydrogens is 279 g/mol. The highest BCUT2D eigenvalue weighted by Gasteiger charge is 2.17. The third-order valence-electron chi connectivity index (χ3n) is 1.57. The number of aldehydes is 1. The number of carbonyl (C=O) groups excluding carboxylic acids is 1. The molecule has 0 atom stereocenters. The van der Waals surface area contributed by atoms with Crippen LogP contribution in [0.5, 0.6) is 0 Å². The van der Waals surface area contributed by atoms with Gasteiger partial charge in [0, 0.05) is 10.0 Å². The lowest BCUT2D eigenvalue weighted by Crippen LogP contribution is -2.01. The van der Waals surface area contributed by atoms with Crippen LogP contribution in [0.1, 0.15) is 28.2 Å². The molecule has 0 N–H and O–H groups in total. The number of nitrogens with zero attached hydrogens (tertiary/aromatic N) is 1. The lowest BCUT2D eigenvalue weighted by molar-refractivity contribution is 0.110. The highest BCUT2D eigenvalue weighted by atomic mass is 79.9. The van der Waals surface area contributed by atoms with Crippen molar-refractivity contribution < 1.29 is 13.6 Å². The van der Waals surface area contributed by atoms with E-state index in [1.807, 2.05) is 0 Å². The summed E-state index contributed by atoms with van der Waals surface area (Å²) in [5.41, 5.74) is -0.354. The number of carbonyl (C=O) groups is 1. The Morgan fingerprint density at radius 1 is 1.64 bits per heavy atom. The van der Waals surface area contributed by atoms with Crippen molar-refractivity contribution in [1.82, 2.24) is 4.98 Å². The number of hydrogen-bond acceptors (Lipinski definition) is 2. The van der Waals surface area contributed by atoms with E-state index in [0.717, 1.165) is 0 Å². The summed E-state index contributed by atoms with van der Waals surface area (Å²) in [6, 6.07) is 1.29. The van der Waals surface area contributed by atoms with Crippen molar-refractivity contribution in [2.45, 2.75) is 12.3 Å². The van der Waals surface area contributed by atoms with Crippen molar-refractivity contribution in [3.05, 3.63) is 27.5 Å². The van der Waals surface area contributed by atoms with Gasteiger partial charge in [0.25, 0.3) is 6.43 Å². The number of hydrogen-bond donors (Lipinski definition) is 0. The fraction of sp³-hybridized carbons (Fsp3) is 0.250. The van der Waals surface area contributed by atoms with Gasteiger partial charge >= 0.3 is 0 Å². The second-order valence-corrected chi connectivity index (χ2v) is 3.57. The molecule has 0 aromatic carbocycles. The van der Waals surface area contributed by atoms with Gasteiger partial charge in [0.1, 0.15) is 5.69 Å². The Hall–Kier alpha value is -0.550. The van der Waals surface area contributed by atoms with Gasteiger partial charge in [-0.25, -0.2) is 13.8 Å². The summed E-state index contributed by atoms with van der Waals surface area (Å²) >= 11 is 8.56. The van der Waals surface area contributed by atoms with Crippen LogP contribution in [0.3, 0.4) is 0 Å². The van der Waals surface area contributed by atoms with Gasteiger partial charge in [0.05, 0.1) is 11.6 Å². The van der Waals surface area contributed by atoms with E-state index in [2.05, 4.69) is 20.9 Å². The Labute approximate surface area is 92.4 Å². The molecule has 1 heterocycles. The number of halogens is 4. The van der Waals surface area contributed by atoms with Crippen LogP contribution in [0, 0.1) is 0 Å². The van der Waals surface area contributed by atoms with Gasteiger partial charge in [0.15, 0.2) is 6.29 Å². The first-order chi connectivity index (χ1) is 6.60. The lowest BCUT2D eigenvalue weighted by Gasteiger charge is -2.06. The van der Waals surface area contributed by atoms with E-state index in [4.69, 9.17) is 11.6 Å². The summed E-state index contributed by atoms with van der Waals surface area (Å²) in [6.07, 6.45) is -2.43. The predicted octanol–water partition coefficient (Wildman–Crippen LogP) is 3.33. The summed E-state index contributed by atoms with van der Waals surface area (Å²) in [4.78, 5) is 14.1. The van der Waals surface area contributed by atoms with E-state index in [-0.39, 0.29) is 11.4 Å². The normalized spacial score (nSPS) is 10.6. The maximum Gasteiger partial charge on any atom is 0.281 e. The molecule has 0 aliphatic heterocycles. The fourth-order valence-corrected chi connectivity index (χ4v) is 1.76. The lowest BCUT2D eigenvalue weighted by atomic mass is 10.2. The summed E-state index contributed by atoms with van der Waals surface area (Å²) in [7, 11) is 0. The summed E-state index contributed by atoms with van der Waals surface area (Å²) in [6.45, 7) is 0. The largest absolute Gasteiger partial charge is 0.298 e. The van der Waals surface area contributed by atoms with Crippen LogP contribution in [0.25, 0.3) is 0 Å². The number of pyridine rings is 1. The Morgan fingerprint density at radius 3 is 2.71 bits per heavy atom. The van der Waals surface area contributed by atoms with E-state index >= 15 is 0 Å². The van der Waals surface area contributed by atoms with Crippen molar-refractivity contribution in [1.29, 1.82) is 0 Å². The molecule has 0 bridgehead atoms. The number of rotatable bonds is 3. The van der Waals surface area contributed by atoms with E-state index in [9.17, 15) is 13.6 Å². The predicted molar refractivity (Wildman–Crippen MR) is 51.8 cm³/mol. The minimum Gasteiger partial charge on any atom is -0.298 e. The molecule has 0 saturated heterocycles. The molecule has 0 fully saturated rings. The molecule has 1 aromatic rings. The summed E-state index contributed by atoms with van der Waals surface area (Å²) in [5, 5.41) is 0.